The third-order valence-corrected chi connectivity index (χ3v) is 4.40. The van der Waals surface area contributed by atoms with Gasteiger partial charge >= 0.3 is 0 Å². The highest BCUT2D eigenvalue weighted by atomic mass is 19.1. The minimum absolute atomic E-state index is 0.0765. The molecule has 1 aliphatic heterocycles. The molecule has 0 bridgehead atoms. The minimum atomic E-state index is -0.615. The first kappa shape index (κ1) is 17.6. The van der Waals surface area contributed by atoms with Gasteiger partial charge in [0.2, 0.25) is 0 Å². The van der Waals surface area contributed by atoms with E-state index < -0.39 is 10.7 Å². The molecule has 1 unspecified atom stereocenters. The molecular weight excluding hydrogens is 303 g/mol. The molecule has 0 saturated carbocycles. The normalized spacial score (nSPS) is 17.9. The lowest BCUT2D eigenvalue weighted by Crippen LogP contribution is -2.33. The summed E-state index contributed by atoms with van der Waals surface area (Å²) in [4.78, 5) is 10.4. The van der Waals surface area contributed by atoms with Gasteiger partial charge in [0, 0.05) is 12.0 Å². The molecule has 0 aliphatic carbocycles. The molecule has 0 spiro atoms. The van der Waals surface area contributed by atoms with E-state index in [9.17, 15) is 14.5 Å². The Hall–Kier alpha value is -1.73. The van der Waals surface area contributed by atoms with Crippen LogP contribution >= 0.6 is 0 Å². The van der Waals surface area contributed by atoms with Gasteiger partial charge in [0.05, 0.1) is 24.2 Å². The second-order valence-electron chi connectivity index (χ2n) is 6.03. The molecule has 1 aromatic rings. The van der Waals surface area contributed by atoms with E-state index in [4.69, 9.17) is 9.47 Å². The fourth-order valence-corrected chi connectivity index (χ4v) is 2.74. The average Bonchev–Trinajstić information content (AvgIpc) is 3.07. The van der Waals surface area contributed by atoms with Crippen molar-refractivity contribution in [2.45, 2.75) is 39.4 Å². The number of nitrogens with zero attached hydrogens (tertiary/aromatic N) is 1. The van der Waals surface area contributed by atoms with Crippen molar-refractivity contribution in [2.24, 2.45) is 5.41 Å². The lowest BCUT2D eigenvalue weighted by Gasteiger charge is -2.33. The molecule has 1 saturated heterocycles. The highest BCUT2D eigenvalue weighted by Gasteiger charge is 2.36. The van der Waals surface area contributed by atoms with Crippen LogP contribution < -0.4 is 5.32 Å². The quantitative estimate of drug-likeness (QED) is 0.448. The molecule has 0 aromatic heterocycles. The van der Waals surface area contributed by atoms with E-state index in [0.717, 1.165) is 25.3 Å². The summed E-state index contributed by atoms with van der Waals surface area (Å²) in [5, 5.41) is 14.0. The molecule has 0 amide bonds. The Bertz CT molecular complexity index is 549. The van der Waals surface area contributed by atoms with Crippen molar-refractivity contribution in [3.63, 3.8) is 0 Å². The van der Waals surface area contributed by atoms with E-state index in [1.165, 1.54) is 12.1 Å². The number of nitro groups is 1. The molecule has 1 fully saturated rings. The molecule has 2 rings (SSSR count). The zero-order chi connectivity index (χ0) is 16.9. The van der Waals surface area contributed by atoms with Crippen LogP contribution in [-0.2, 0) is 9.47 Å². The van der Waals surface area contributed by atoms with Gasteiger partial charge in [0.15, 0.2) is 6.29 Å². The molecule has 1 aromatic carbocycles. The standard InChI is InChI=1S/C16H23FN2O4/c1-3-16(2,15-22-9-10-23-15)7-4-8-18-13-6-5-12(17)11-14(13)19(20)21/h5-6,11,15,18H,3-4,7-10H2,1-2H3. The number of rotatable bonds is 8. The maximum atomic E-state index is 13.1. The van der Waals surface area contributed by atoms with Crippen LogP contribution in [0.5, 0.6) is 0 Å². The maximum absolute atomic E-state index is 13.1. The second kappa shape index (κ2) is 7.70. The number of halogens is 1. The third-order valence-electron chi connectivity index (χ3n) is 4.40. The van der Waals surface area contributed by atoms with Crippen molar-refractivity contribution in [1.29, 1.82) is 0 Å². The van der Waals surface area contributed by atoms with Gasteiger partial charge in [0.25, 0.3) is 5.69 Å². The summed E-state index contributed by atoms with van der Waals surface area (Å²) >= 11 is 0. The van der Waals surface area contributed by atoms with Gasteiger partial charge in [-0.15, -0.1) is 0 Å². The van der Waals surface area contributed by atoms with E-state index in [-0.39, 0.29) is 17.4 Å². The first-order valence-corrected chi connectivity index (χ1v) is 7.87. The summed E-state index contributed by atoms with van der Waals surface area (Å²) in [5.41, 5.74) is 0.0149. The molecule has 1 heterocycles. The van der Waals surface area contributed by atoms with Crippen molar-refractivity contribution >= 4 is 11.4 Å². The lowest BCUT2D eigenvalue weighted by molar-refractivity contribution is -0.384. The van der Waals surface area contributed by atoms with Crippen molar-refractivity contribution in [2.75, 3.05) is 25.1 Å². The molecule has 7 heteroatoms. The lowest BCUT2D eigenvalue weighted by atomic mass is 9.82. The molecule has 0 radical (unpaired) electrons. The van der Waals surface area contributed by atoms with Crippen molar-refractivity contribution in [1.82, 2.24) is 0 Å². The highest BCUT2D eigenvalue weighted by Crippen LogP contribution is 2.36. The number of nitro benzene ring substituents is 1. The van der Waals surface area contributed by atoms with Crippen LogP contribution in [0.2, 0.25) is 0 Å². The Labute approximate surface area is 135 Å². The number of nitrogens with one attached hydrogen (secondary N) is 1. The van der Waals surface area contributed by atoms with E-state index >= 15 is 0 Å². The van der Waals surface area contributed by atoms with E-state index in [1.54, 1.807) is 0 Å². The smallest absolute Gasteiger partial charge is 0.295 e. The Morgan fingerprint density at radius 1 is 1.43 bits per heavy atom. The van der Waals surface area contributed by atoms with Gasteiger partial charge in [-0.25, -0.2) is 4.39 Å². The molecule has 6 nitrogen and oxygen atoms in total. The zero-order valence-corrected chi connectivity index (χ0v) is 13.5. The van der Waals surface area contributed by atoms with Gasteiger partial charge in [-0.1, -0.05) is 13.8 Å². The van der Waals surface area contributed by atoms with Crippen molar-refractivity contribution < 1.29 is 18.8 Å². The van der Waals surface area contributed by atoms with Crippen LogP contribution in [0, 0.1) is 21.3 Å². The van der Waals surface area contributed by atoms with Crippen LogP contribution in [0.3, 0.4) is 0 Å². The molecule has 1 aliphatic rings. The van der Waals surface area contributed by atoms with E-state index in [0.29, 0.717) is 25.4 Å². The third kappa shape index (κ3) is 4.39. The Balaban J connectivity index is 1.88. The molecule has 128 valence electrons. The van der Waals surface area contributed by atoms with E-state index in [2.05, 4.69) is 19.2 Å². The Kier molecular flexibility index (Phi) is 5.90. The second-order valence-corrected chi connectivity index (χ2v) is 6.03. The minimum Gasteiger partial charge on any atom is -0.379 e. The molecule has 1 N–H and O–H groups in total. The fourth-order valence-electron chi connectivity index (χ4n) is 2.74. The molecular formula is C16H23FN2O4. The van der Waals surface area contributed by atoms with Gasteiger partial charge < -0.3 is 14.8 Å². The van der Waals surface area contributed by atoms with Crippen LogP contribution in [0.15, 0.2) is 18.2 Å². The Morgan fingerprint density at radius 3 is 2.74 bits per heavy atom. The summed E-state index contributed by atoms with van der Waals surface area (Å²) in [6.45, 7) is 6.04. The largest absolute Gasteiger partial charge is 0.379 e. The van der Waals surface area contributed by atoms with Gasteiger partial charge in [0.1, 0.15) is 11.5 Å². The van der Waals surface area contributed by atoms with Gasteiger partial charge in [-0.05, 0) is 31.4 Å². The molecule has 1 atom stereocenters. The number of hydrogen-bond donors (Lipinski definition) is 1. The summed E-state index contributed by atoms with van der Waals surface area (Å²) in [5.74, 6) is -0.615. The van der Waals surface area contributed by atoms with Crippen molar-refractivity contribution in [3.8, 4) is 0 Å². The number of hydrogen-bond acceptors (Lipinski definition) is 5. The van der Waals surface area contributed by atoms with Crippen LogP contribution in [0.1, 0.15) is 33.1 Å². The monoisotopic (exact) mass is 326 g/mol. The van der Waals surface area contributed by atoms with Gasteiger partial charge in [-0.3, -0.25) is 10.1 Å². The predicted octanol–water partition coefficient (Wildman–Crippen LogP) is 3.72. The summed E-state index contributed by atoms with van der Waals surface area (Å²) in [7, 11) is 0. The average molecular weight is 326 g/mol. The van der Waals surface area contributed by atoms with E-state index in [1.807, 2.05) is 0 Å². The highest BCUT2D eigenvalue weighted by molar-refractivity contribution is 5.61. The fraction of sp³-hybridized carbons (Fsp3) is 0.625. The van der Waals surface area contributed by atoms with Crippen molar-refractivity contribution in [3.05, 3.63) is 34.1 Å². The topological polar surface area (TPSA) is 73.6 Å². The maximum Gasteiger partial charge on any atom is 0.295 e. The number of benzene rings is 1. The SMILES string of the molecule is CCC(C)(CCCNc1ccc(F)cc1[N+](=O)[O-])C1OCCO1. The first-order valence-electron chi connectivity index (χ1n) is 7.87. The zero-order valence-electron chi connectivity index (χ0n) is 13.5. The van der Waals surface area contributed by atoms with Crippen LogP contribution in [0.25, 0.3) is 0 Å². The predicted molar refractivity (Wildman–Crippen MR) is 84.9 cm³/mol. The molecule has 23 heavy (non-hydrogen) atoms. The van der Waals surface area contributed by atoms with Gasteiger partial charge in [-0.2, -0.15) is 0 Å². The van der Waals surface area contributed by atoms with Crippen LogP contribution in [-0.4, -0.2) is 31.0 Å². The first-order chi connectivity index (χ1) is 11.0. The van der Waals surface area contributed by atoms with Crippen LogP contribution in [0.4, 0.5) is 15.8 Å². The summed E-state index contributed by atoms with van der Waals surface area (Å²) in [6.07, 6.45) is 2.42. The number of anilines is 1. The summed E-state index contributed by atoms with van der Waals surface area (Å²) < 4.78 is 24.3. The summed E-state index contributed by atoms with van der Waals surface area (Å²) in [6, 6.07) is 3.54. The Morgan fingerprint density at radius 2 is 2.13 bits per heavy atom. The number of ether oxygens (including phenoxy) is 2.